The molecule has 9 heteroatoms. The van der Waals surface area contributed by atoms with Crippen LogP contribution in [0.5, 0.6) is 11.5 Å². The maximum Gasteiger partial charge on any atom is 0.291 e. The maximum atomic E-state index is 12.4. The third-order valence-electron chi connectivity index (χ3n) is 3.99. The van der Waals surface area contributed by atoms with Crippen molar-refractivity contribution in [2.45, 2.75) is 20.3 Å². The summed E-state index contributed by atoms with van der Waals surface area (Å²) in [5, 5.41) is 9.65. The molecule has 3 N–H and O–H groups in total. The number of benzene rings is 1. The van der Waals surface area contributed by atoms with Gasteiger partial charge < -0.3 is 34.7 Å². The van der Waals surface area contributed by atoms with Gasteiger partial charge in [-0.2, -0.15) is 0 Å². The Balaban J connectivity index is 2.17. The van der Waals surface area contributed by atoms with Crippen molar-refractivity contribution in [3.63, 3.8) is 0 Å². The van der Waals surface area contributed by atoms with Crippen LogP contribution in [0.3, 0.4) is 0 Å². The second kappa shape index (κ2) is 12.0. The van der Waals surface area contributed by atoms with Crippen molar-refractivity contribution >= 4 is 34.6 Å². The number of amides is 1. The first-order chi connectivity index (χ1) is 14.4. The number of thiocarbonyl (C=S) groups is 1. The molecule has 0 fully saturated rings. The number of nitrogens with zero attached hydrogens (tertiary/aromatic N) is 1. The predicted molar refractivity (Wildman–Crippen MR) is 123 cm³/mol. The molecule has 0 unspecified atom stereocenters. The van der Waals surface area contributed by atoms with E-state index in [-0.39, 0.29) is 11.7 Å². The summed E-state index contributed by atoms with van der Waals surface area (Å²) in [5.74, 6) is 0.884. The Morgan fingerprint density at radius 2 is 1.73 bits per heavy atom. The average molecular weight is 435 g/mol. The van der Waals surface area contributed by atoms with Crippen molar-refractivity contribution in [3.05, 3.63) is 36.3 Å². The number of hydrogen-bond donors (Lipinski definition) is 3. The monoisotopic (exact) mass is 434 g/mol. The van der Waals surface area contributed by atoms with Crippen molar-refractivity contribution in [2.24, 2.45) is 0 Å². The van der Waals surface area contributed by atoms with Gasteiger partial charge in [-0.1, -0.05) is 0 Å². The fraction of sp³-hybridized carbons (Fsp3) is 0.429. The van der Waals surface area contributed by atoms with Crippen molar-refractivity contribution in [1.29, 1.82) is 0 Å². The van der Waals surface area contributed by atoms with Crippen LogP contribution in [0.2, 0.25) is 0 Å². The first kappa shape index (κ1) is 23.5. The standard InChI is InChI=1S/C21H30N4O4S/c1-5-27-18-14-16(24-21(30)22-10-8-11-25(3)4)19(28-6-2)13-15(18)23-20(26)17-9-7-12-29-17/h7,9,12-14H,5-6,8,10-11H2,1-4H3,(H,23,26)(H2,22,24,30). The van der Waals surface area contributed by atoms with Gasteiger partial charge in [-0.3, -0.25) is 4.79 Å². The van der Waals surface area contributed by atoms with Crippen molar-refractivity contribution < 1.29 is 18.7 Å². The smallest absolute Gasteiger partial charge is 0.291 e. The quantitative estimate of drug-likeness (QED) is 0.365. The Hall–Kier alpha value is -2.78. The fourth-order valence-electron chi connectivity index (χ4n) is 2.66. The summed E-state index contributed by atoms with van der Waals surface area (Å²) in [7, 11) is 4.07. The average Bonchev–Trinajstić information content (AvgIpc) is 3.23. The number of carbonyl (C=O) groups is 1. The van der Waals surface area contributed by atoms with E-state index in [4.69, 9.17) is 26.1 Å². The van der Waals surface area contributed by atoms with E-state index >= 15 is 0 Å². The van der Waals surface area contributed by atoms with E-state index in [1.54, 1.807) is 24.3 Å². The molecule has 1 aromatic heterocycles. The third-order valence-corrected chi connectivity index (χ3v) is 4.24. The van der Waals surface area contributed by atoms with E-state index in [2.05, 4.69) is 20.9 Å². The van der Waals surface area contributed by atoms with E-state index in [9.17, 15) is 4.79 Å². The van der Waals surface area contributed by atoms with Crippen LogP contribution in [0.1, 0.15) is 30.8 Å². The minimum absolute atomic E-state index is 0.209. The van der Waals surface area contributed by atoms with Crippen LogP contribution in [-0.4, -0.2) is 56.3 Å². The molecule has 2 aromatic rings. The van der Waals surface area contributed by atoms with E-state index < -0.39 is 0 Å². The molecule has 2 rings (SSSR count). The van der Waals surface area contributed by atoms with Crippen molar-refractivity contribution in [3.8, 4) is 11.5 Å². The zero-order chi connectivity index (χ0) is 21.9. The molecule has 8 nitrogen and oxygen atoms in total. The van der Waals surface area contributed by atoms with Crippen LogP contribution in [0.15, 0.2) is 34.9 Å². The highest BCUT2D eigenvalue weighted by Crippen LogP contribution is 2.37. The highest BCUT2D eigenvalue weighted by atomic mass is 32.1. The lowest BCUT2D eigenvalue weighted by Crippen LogP contribution is -2.31. The summed E-state index contributed by atoms with van der Waals surface area (Å²) in [6, 6.07) is 6.73. The van der Waals surface area contributed by atoms with Gasteiger partial charge in [0.2, 0.25) is 0 Å². The van der Waals surface area contributed by atoms with Gasteiger partial charge in [0.1, 0.15) is 11.5 Å². The summed E-state index contributed by atoms with van der Waals surface area (Å²) < 4.78 is 16.6. The summed E-state index contributed by atoms with van der Waals surface area (Å²) in [6.07, 6.45) is 2.42. The van der Waals surface area contributed by atoms with Crippen LogP contribution < -0.4 is 25.4 Å². The molecule has 0 atom stereocenters. The summed E-state index contributed by atoms with van der Waals surface area (Å²) in [6.45, 7) is 6.38. The first-order valence-electron chi connectivity index (χ1n) is 9.92. The molecular formula is C21H30N4O4S. The molecule has 30 heavy (non-hydrogen) atoms. The normalized spacial score (nSPS) is 10.6. The summed E-state index contributed by atoms with van der Waals surface area (Å²) >= 11 is 5.41. The maximum absolute atomic E-state index is 12.4. The van der Waals surface area contributed by atoms with E-state index in [1.165, 1.54) is 6.26 Å². The third kappa shape index (κ3) is 7.23. The fourth-order valence-corrected chi connectivity index (χ4v) is 2.87. The Labute approximate surface area is 182 Å². The number of nitrogens with one attached hydrogen (secondary N) is 3. The number of furan rings is 1. The molecule has 164 valence electrons. The molecule has 0 spiro atoms. The lowest BCUT2D eigenvalue weighted by atomic mass is 10.2. The minimum atomic E-state index is -0.373. The number of anilines is 2. The molecule has 1 amide bonds. The summed E-state index contributed by atoms with van der Waals surface area (Å²) in [5.41, 5.74) is 1.14. The lowest BCUT2D eigenvalue weighted by Gasteiger charge is -2.19. The second-order valence-corrected chi connectivity index (χ2v) is 7.09. The SMILES string of the molecule is CCOc1cc(NC(=S)NCCCN(C)C)c(OCC)cc1NC(=O)c1ccco1. The van der Waals surface area contributed by atoms with E-state index in [1.807, 2.05) is 27.9 Å². The highest BCUT2D eigenvalue weighted by molar-refractivity contribution is 7.80. The van der Waals surface area contributed by atoms with Gasteiger partial charge in [0.25, 0.3) is 5.91 Å². The topological polar surface area (TPSA) is 88.0 Å². The predicted octanol–water partition coefficient (Wildman–Crippen LogP) is 3.57. The highest BCUT2D eigenvalue weighted by Gasteiger charge is 2.17. The zero-order valence-electron chi connectivity index (χ0n) is 17.9. The first-order valence-corrected chi connectivity index (χ1v) is 10.3. The molecule has 1 heterocycles. The molecule has 0 radical (unpaired) electrons. The van der Waals surface area contributed by atoms with Gasteiger partial charge in [0.05, 0.1) is 30.9 Å². The minimum Gasteiger partial charge on any atom is -0.492 e. The summed E-state index contributed by atoms with van der Waals surface area (Å²) in [4.78, 5) is 14.5. The number of ether oxygens (including phenoxy) is 2. The second-order valence-electron chi connectivity index (χ2n) is 6.68. The number of rotatable bonds is 11. The van der Waals surface area contributed by atoms with Gasteiger partial charge in [-0.15, -0.1) is 0 Å². The lowest BCUT2D eigenvalue weighted by molar-refractivity contribution is 0.0996. The van der Waals surface area contributed by atoms with Gasteiger partial charge in [0, 0.05) is 18.7 Å². The van der Waals surface area contributed by atoms with E-state index in [0.29, 0.717) is 41.2 Å². The molecule has 1 aromatic carbocycles. The van der Waals surface area contributed by atoms with Crippen LogP contribution >= 0.6 is 12.2 Å². The molecule has 0 aliphatic heterocycles. The molecule has 0 saturated heterocycles. The van der Waals surface area contributed by atoms with E-state index in [0.717, 1.165) is 19.5 Å². The Morgan fingerprint density at radius 3 is 2.27 bits per heavy atom. The number of carbonyl (C=O) groups excluding carboxylic acids is 1. The molecule has 0 aliphatic carbocycles. The van der Waals surface area contributed by atoms with Crippen molar-refractivity contribution in [2.75, 3.05) is 51.0 Å². The van der Waals surface area contributed by atoms with Crippen molar-refractivity contribution in [1.82, 2.24) is 10.2 Å². The van der Waals surface area contributed by atoms with Gasteiger partial charge >= 0.3 is 0 Å². The molecular weight excluding hydrogens is 404 g/mol. The van der Waals surface area contributed by atoms with Crippen LogP contribution in [0.4, 0.5) is 11.4 Å². The number of hydrogen-bond acceptors (Lipinski definition) is 6. The van der Waals surface area contributed by atoms with Crippen LogP contribution in [0, 0.1) is 0 Å². The van der Waals surface area contributed by atoms with Gasteiger partial charge in [0.15, 0.2) is 10.9 Å². The van der Waals surface area contributed by atoms with Crippen LogP contribution in [0.25, 0.3) is 0 Å². The molecule has 0 bridgehead atoms. The Morgan fingerprint density at radius 1 is 1.10 bits per heavy atom. The zero-order valence-corrected chi connectivity index (χ0v) is 18.7. The molecule has 0 aliphatic rings. The van der Waals surface area contributed by atoms with Gasteiger partial charge in [-0.25, -0.2) is 0 Å². The Kier molecular flexibility index (Phi) is 9.43. The Bertz CT molecular complexity index is 825. The largest absolute Gasteiger partial charge is 0.492 e. The van der Waals surface area contributed by atoms with Crippen LogP contribution in [-0.2, 0) is 0 Å². The van der Waals surface area contributed by atoms with Gasteiger partial charge in [-0.05, 0) is 65.3 Å². The molecule has 0 saturated carbocycles.